The van der Waals surface area contributed by atoms with Crippen molar-refractivity contribution in [1.82, 2.24) is 9.99 Å². The Kier molecular flexibility index (Phi) is 5.76. The third kappa shape index (κ3) is 3.97. The van der Waals surface area contributed by atoms with Crippen molar-refractivity contribution in [3.05, 3.63) is 47.3 Å². The number of nitrogens with one attached hydrogen (secondary N) is 1. The van der Waals surface area contributed by atoms with Gasteiger partial charge in [-0.15, -0.1) is 0 Å². The number of methoxy groups -OCH3 is 1. The lowest BCUT2D eigenvalue weighted by atomic mass is 9.96. The summed E-state index contributed by atoms with van der Waals surface area (Å²) in [5.74, 6) is 1.72. The van der Waals surface area contributed by atoms with Gasteiger partial charge in [0.05, 0.1) is 18.9 Å². The molecule has 1 aliphatic carbocycles. The summed E-state index contributed by atoms with van der Waals surface area (Å²) in [6, 6.07) is 10.9. The van der Waals surface area contributed by atoms with Gasteiger partial charge in [0.15, 0.2) is 5.17 Å². The van der Waals surface area contributed by atoms with Crippen LogP contribution in [0.25, 0.3) is 5.69 Å². The van der Waals surface area contributed by atoms with Gasteiger partial charge in [-0.1, -0.05) is 31.0 Å². The Hall–Kier alpha value is -2.21. The standard InChI is InChI=1S/C22H28N4OS/c1-15-13-20(16(2)26(15)18-9-11-19(27-3)12-10-18)21-14-28-22(25-24-21)23-17-7-5-4-6-8-17/h9-13,17H,4-8,14H2,1-3H3,(H,23,25). The van der Waals surface area contributed by atoms with E-state index < -0.39 is 0 Å². The quantitative estimate of drug-likeness (QED) is 0.805. The van der Waals surface area contributed by atoms with Crippen molar-refractivity contribution in [3.63, 3.8) is 0 Å². The van der Waals surface area contributed by atoms with E-state index in [0.717, 1.165) is 28.1 Å². The molecular formula is C22H28N4OS. The van der Waals surface area contributed by atoms with Gasteiger partial charge in [-0.05, 0) is 57.0 Å². The molecule has 148 valence electrons. The van der Waals surface area contributed by atoms with Crippen molar-refractivity contribution in [3.8, 4) is 11.4 Å². The number of aryl methyl sites for hydroxylation is 1. The fourth-order valence-corrected chi connectivity index (χ4v) is 4.91. The van der Waals surface area contributed by atoms with E-state index >= 15 is 0 Å². The minimum absolute atomic E-state index is 0.473. The Bertz CT molecular complexity index is 892. The summed E-state index contributed by atoms with van der Waals surface area (Å²) in [6.07, 6.45) is 6.39. The molecule has 2 aromatic rings. The monoisotopic (exact) mass is 396 g/mol. The van der Waals surface area contributed by atoms with Gasteiger partial charge >= 0.3 is 0 Å². The fraction of sp³-hybridized carbons (Fsp3) is 0.455. The molecule has 6 heteroatoms. The number of aromatic nitrogens is 1. The van der Waals surface area contributed by atoms with Crippen molar-refractivity contribution in [2.75, 3.05) is 12.9 Å². The number of thioether (sulfide) groups is 1. The van der Waals surface area contributed by atoms with Gasteiger partial charge < -0.3 is 9.30 Å². The van der Waals surface area contributed by atoms with Crippen LogP contribution in [0, 0.1) is 13.8 Å². The highest BCUT2D eigenvalue weighted by molar-refractivity contribution is 8.14. The summed E-state index contributed by atoms with van der Waals surface area (Å²) in [6.45, 7) is 4.30. The molecule has 28 heavy (non-hydrogen) atoms. The van der Waals surface area contributed by atoms with E-state index in [2.05, 4.69) is 47.1 Å². The molecule has 1 fully saturated rings. The average Bonchev–Trinajstić information content (AvgIpc) is 3.03. The van der Waals surface area contributed by atoms with Crippen LogP contribution in [0.1, 0.15) is 49.1 Å². The molecule has 0 radical (unpaired) electrons. The van der Waals surface area contributed by atoms with Gasteiger partial charge in [-0.2, -0.15) is 5.10 Å². The highest BCUT2D eigenvalue weighted by Gasteiger charge is 2.20. The Balaban J connectivity index is 1.54. The maximum atomic E-state index is 5.28. The van der Waals surface area contributed by atoms with Crippen LogP contribution in [-0.2, 0) is 0 Å². The zero-order chi connectivity index (χ0) is 19.5. The highest BCUT2D eigenvalue weighted by Crippen LogP contribution is 2.26. The highest BCUT2D eigenvalue weighted by atomic mass is 32.2. The Morgan fingerprint density at radius 2 is 1.89 bits per heavy atom. The van der Waals surface area contributed by atoms with E-state index in [9.17, 15) is 0 Å². The summed E-state index contributed by atoms with van der Waals surface area (Å²) in [4.78, 5) is 4.88. The van der Waals surface area contributed by atoms with E-state index in [-0.39, 0.29) is 0 Å². The molecule has 2 heterocycles. The molecule has 0 saturated heterocycles. The van der Waals surface area contributed by atoms with Crippen molar-refractivity contribution in [2.24, 2.45) is 10.1 Å². The van der Waals surface area contributed by atoms with E-state index in [4.69, 9.17) is 9.73 Å². The van der Waals surface area contributed by atoms with E-state index in [1.54, 1.807) is 18.9 Å². The summed E-state index contributed by atoms with van der Waals surface area (Å²) in [5.41, 5.74) is 9.03. The molecule has 0 atom stereocenters. The number of hydrogen-bond donors (Lipinski definition) is 1. The fourth-order valence-electron chi connectivity index (χ4n) is 4.08. The number of hydrazone groups is 1. The largest absolute Gasteiger partial charge is 0.497 e. The minimum atomic E-state index is 0.473. The lowest BCUT2D eigenvalue weighted by Crippen LogP contribution is -2.27. The molecule has 0 unspecified atom stereocenters. The van der Waals surface area contributed by atoms with E-state index in [0.29, 0.717) is 6.04 Å². The Morgan fingerprint density at radius 1 is 1.14 bits per heavy atom. The Labute approximate surface area is 171 Å². The van der Waals surface area contributed by atoms with Crippen LogP contribution >= 0.6 is 11.8 Å². The van der Waals surface area contributed by atoms with Crippen LogP contribution in [0.2, 0.25) is 0 Å². The number of rotatable bonds is 4. The van der Waals surface area contributed by atoms with Crippen molar-refractivity contribution >= 4 is 22.6 Å². The van der Waals surface area contributed by atoms with Gasteiger partial charge in [0.1, 0.15) is 5.75 Å². The lowest BCUT2D eigenvalue weighted by Gasteiger charge is -2.21. The van der Waals surface area contributed by atoms with Gasteiger partial charge in [0.2, 0.25) is 0 Å². The third-order valence-electron chi connectivity index (χ3n) is 5.58. The first-order valence-corrected chi connectivity index (χ1v) is 11.0. The molecule has 5 nitrogen and oxygen atoms in total. The number of ether oxygens (including phenoxy) is 1. The molecule has 1 aromatic carbocycles. The number of aliphatic imine (C=N–C) groups is 1. The van der Waals surface area contributed by atoms with Gasteiger partial charge in [0.25, 0.3) is 0 Å². The van der Waals surface area contributed by atoms with E-state index in [1.807, 2.05) is 12.1 Å². The van der Waals surface area contributed by atoms with Crippen LogP contribution in [0.15, 0.2) is 40.4 Å². The lowest BCUT2D eigenvalue weighted by molar-refractivity contribution is 0.414. The second-order valence-electron chi connectivity index (χ2n) is 7.50. The van der Waals surface area contributed by atoms with Crippen LogP contribution < -0.4 is 10.2 Å². The van der Waals surface area contributed by atoms with Crippen LogP contribution in [-0.4, -0.2) is 34.4 Å². The SMILES string of the molecule is COc1ccc(-n2c(C)cc(C3=NNC(=NC4CCCCC4)SC3)c2C)cc1. The van der Waals surface area contributed by atoms with Gasteiger partial charge in [0, 0.05) is 28.4 Å². The molecule has 4 rings (SSSR count). The first-order valence-electron chi connectivity index (χ1n) is 10.0. The van der Waals surface area contributed by atoms with Gasteiger partial charge in [-0.25, -0.2) is 0 Å². The second kappa shape index (κ2) is 8.43. The minimum Gasteiger partial charge on any atom is -0.497 e. The first-order chi connectivity index (χ1) is 13.7. The van der Waals surface area contributed by atoms with Gasteiger partial charge in [-0.3, -0.25) is 10.4 Å². The van der Waals surface area contributed by atoms with Crippen molar-refractivity contribution in [2.45, 2.75) is 52.0 Å². The average molecular weight is 397 g/mol. The maximum absolute atomic E-state index is 5.28. The van der Waals surface area contributed by atoms with Crippen molar-refractivity contribution in [1.29, 1.82) is 0 Å². The zero-order valence-electron chi connectivity index (χ0n) is 16.9. The van der Waals surface area contributed by atoms with E-state index in [1.165, 1.54) is 49.1 Å². The zero-order valence-corrected chi connectivity index (χ0v) is 17.7. The topological polar surface area (TPSA) is 50.9 Å². The predicted molar refractivity (Wildman–Crippen MR) is 118 cm³/mol. The molecule has 0 bridgehead atoms. The molecule has 0 amide bonds. The number of hydrogen-bond acceptors (Lipinski definition) is 4. The van der Waals surface area contributed by atoms with Crippen LogP contribution in [0.4, 0.5) is 0 Å². The number of nitrogens with zero attached hydrogens (tertiary/aromatic N) is 3. The molecule has 1 N–H and O–H groups in total. The maximum Gasteiger partial charge on any atom is 0.177 e. The molecule has 1 saturated carbocycles. The number of benzene rings is 1. The molecule has 1 aliphatic heterocycles. The summed E-state index contributed by atoms with van der Waals surface area (Å²) in [7, 11) is 1.69. The number of amidine groups is 1. The summed E-state index contributed by atoms with van der Waals surface area (Å²) < 4.78 is 7.55. The van der Waals surface area contributed by atoms with Crippen LogP contribution in [0.3, 0.4) is 0 Å². The molecule has 0 spiro atoms. The second-order valence-corrected chi connectivity index (χ2v) is 8.47. The molecular weight excluding hydrogens is 368 g/mol. The summed E-state index contributed by atoms with van der Waals surface area (Å²) >= 11 is 1.77. The Morgan fingerprint density at radius 3 is 2.54 bits per heavy atom. The smallest absolute Gasteiger partial charge is 0.177 e. The van der Waals surface area contributed by atoms with Crippen molar-refractivity contribution < 1.29 is 4.74 Å². The summed E-state index contributed by atoms with van der Waals surface area (Å²) in [5, 5.41) is 5.64. The third-order valence-corrected chi connectivity index (χ3v) is 6.47. The predicted octanol–water partition coefficient (Wildman–Crippen LogP) is 4.83. The molecule has 1 aromatic heterocycles. The molecule has 2 aliphatic rings. The van der Waals surface area contributed by atoms with Crippen LogP contribution in [0.5, 0.6) is 5.75 Å². The first kappa shape index (κ1) is 19.1. The normalized spacial score (nSPS) is 19.4.